The van der Waals surface area contributed by atoms with Crippen LogP contribution in [-0.4, -0.2) is 57.8 Å². The monoisotopic (exact) mass is 380 g/mol. The van der Waals surface area contributed by atoms with Crippen molar-refractivity contribution in [2.24, 2.45) is 5.41 Å². The molecule has 0 saturated carbocycles. The first-order chi connectivity index (χ1) is 13.5. The molecular formula is C21H24N4O3. The van der Waals surface area contributed by atoms with Crippen molar-refractivity contribution in [3.8, 4) is 0 Å². The second-order valence-corrected chi connectivity index (χ2v) is 7.75. The van der Waals surface area contributed by atoms with Gasteiger partial charge in [-0.25, -0.2) is 4.98 Å². The lowest BCUT2D eigenvalue weighted by molar-refractivity contribution is -0.135. The number of H-pyrrole nitrogens is 1. The molecule has 2 fully saturated rings. The number of likely N-dealkylation sites (tertiary alicyclic amines) is 2. The topological polar surface area (TPSA) is 86.4 Å². The third-order valence-electron chi connectivity index (χ3n) is 5.91. The molecule has 2 saturated heterocycles. The molecule has 28 heavy (non-hydrogen) atoms. The van der Waals surface area contributed by atoms with Gasteiger partial charge < -0.3 is 14.8 Å². The van der Waals surface area contributed by atoms with Crippen molar-refractivity contribution in [1.29, 1.82) is 0 Å². The van der Waals surface area contributed by atoms with Crippen LogP contribution in [-0.2, 0) is 11.2 Å². The van der Waals surface area contributed by atoms with Crippen molar-refractivity contribution in [3.05, 3.63) is 63.8 Å². The smallest absolute Gasteiger partial charge is 0.263 e. The first-order valence-corrected chi connectivity index (χ1v) is 9.67. The molecule has 146 valence electrons. The lowest BCUT2D eigenvalue weighted by Crippen LogP contribution is -2.40. The van der Waals surface area contributed by atoms with Crippen LogP contribution in [0.3, 0.4) is 0 Å². The lowest BCUT2D eigenvalue weighted by Gasteiger charge is -2.23. The first-order valence-electron chi connectivity index (χ1n) is 9.67. The predicted molar refractivity (Wildman–Crippen MR) is 104 cm³/mol. The van der Waals surface area contributed by atoms with Crippen molar-refractivity contribution >= 4 is 11.8 Å². The number of hydrogen-bond donors (Lipinski definition) is 1. The van der Waals surface area contributed by atoms with Gasteiger partial charge in [-0.2, -0.15) is 0 Å². The Morgan fingerprint density at radius 1 is 1.18 bits per heavy atom. The van der Waals surface area contributed by atoms with E-state index in [1.54, 1.807) is 11.8 Å². The van der Waals surface area contributed by atoms with E-state index in [-0.39, 0.29) is 17.4 Å². The molecule has 0 radical (unpaired) electrons. The molecule has 1 aromatic heterocycles. The molecule has 1 aromatic carbocycles. The lowest BCUT2D eigenvalue weighted by atomic mass is 9.85. The highest BCUT2D eigenvalue weighted by molar-refractivity contribution is 5.95. The Bertz CT molecular complexity index is 956. The van der Waals surface area contributed by atoms with Gasteiger partial charge in [0.05, 0.1) is 5.41 Å². The molecule has 1 N–H and O–H groups in total. The van der Waals surface area contributed by atoms with Crippen molar-refractivity contribution < 1.29 is 9.59 Å². The molecular weight excluding hydrogens is 356 g/mol. The zero-order valence-electron chi connectivity index (χ0n) is 16.0. The Labute approximate surface area is 163 Å². The van der Waals surface area contributed by atoms with Crippen molar-refractivity contribution in [2.75, 3.05) is 26.2 Å². The van der Waals surface area contributed by atoms with Crippen LogP contribution >= 0.6 is 0 Å². The number of aromatic nitrogens is 2. The normalized spacial score (nSPS) is 21.7. The molecule has 7 nitrogen and oxygen atoms in total. The third kappa shape index (κ3) is 3.32. The van der Waals surface area contributed by atoms with Gasteiger partial charge in [-0.1, -0.05) is 30.3 Å². The van der Waals surface area contributed by atoms with E-state index in [2.05, 4.69) is 22.1 Å². The van der Waals surface area contributed by atoms with Crippen LogP contribution in [0.2, 0.25) is 0 Å². The summed E-state index contributed by atoms with van der Waals surface area (Å²) >= 11 is 0. The fourth-order valence-corrected chi connectivity index (χ4v) is 4.25. The summed E-state index contributed by atoms with van der Waals surface area (Å²) in [5, 5.41) is 0. The van der Waals surface area contributed by atoms with Gasteiger partial charge in [0.25, 0.3) is 11.5 Å². The SMILES string of the molecule is Cc1ncc(C(=O)N2CCC3(CCN(CCc4ccccc4)C3=O)C2)c(=O)[nH]1. The van der Waals surface area contributed by atoms with Crippen LogP contribution in [0.4, 0.5) is 0 Å². The van der Waals surface area contributed by atoms with Gasteiger partial charge in [-0.05, 0) is 31.7 Å². The van der Waals surface area contributed by atoms with E-state index in [9.17, 15) is 14.4 Å². The number of nitrogens with zero attached hydrogens (tertiary/aromatic N) is 3. The zero-order chi connectivity index (χ0) is 19.7. The standard InChI is InChI=1S/C21H24N4O3/c1-15-22-13-17(18(26)23-15)19(27)25-12-9-21(14-25)8-11-24(20(21)28)10-7-16-5-3-2-4-6-16/h2-6,13H,7-12,14H2,1H3,(H,22,23,26). The number of hydrogen-bond acceptors (Lipinski definition) is 4. The third-order valence-corrected chi connectivity index (χ3v) is 5.91. The number of carbonyl (C=O) groups is 2. The van der Waals surface area contributed by atoms with E-state index in [1.807, 2.05) is 23.1 Å². The molecule has 4 rings (SSSR count). The molecule has 1 spiro atoms. The maximum atomic E-state index is 13.1. The number of nitrogens with one attached hydrogen (secondary N) is 1. The van der Waals surface area contributed by atoms with Gasteiger partial charge in [-0.3, -0.25) is 14.4 Å². The van der Waals surface area contributed by atoms with E-state index in [1.165, 1.54) is 11.8 Å². The summed E-state index contributed by atoms with van der Waals surface area (Å²) in [5.41, 5.74) is 0.317. The molecule has 7 heteroatoms. The highest BCUT2D eigenvalue weighted by Crippen LogP contribution is 2.41. The van der Waals surface area contributed by atoms with E-state index >= 15 is 0 Å². The summed E-state index contributed by atoms with van der Waals surface area (Å²) in [4.78, 5) is 48.0. The highest BCUT2D eigenvalue weighted by Gasteiger charge is 2.51. The van der Waals surface area contributed by atoms with Gasteiger partial charge in [0.1, 0.15) is 11.4 Å². The average molecular weight is 380 g/mol. The Hall–Kier alpha value is -2.96. The van der Waals surface area contributed by atoms with Crippen LogP contribution in [0.1, 0.15) is 34.6 Å². The zero-order valence-corrected chi connectivity index (χ0v) is 16.0. The molecule has 1 unspecified atom stereocenters. The maximum Gasteiger partial charge on any atom is 0.263 e. The number of rotatable bonds is 4. The molecule has 3 heterocycles. The highest BCUT2D eigenvalue weighted by atomic mass is 16.2. The van der Waals surface area contributed by atoms with Crippen molar-refractivity contribution in [3.63, 3.8) is 0 Å². The number of aryl methyl sites for hydroxylation is 1. The molecule has 0 aliphatic carbocycles. The van der Waals surface area contributed by atoms with E-state index in [0.717, 1.165) is 19.4 Å². The Morgan fingerprint density at radius 3 is 2.68 bits per heavy atom. The summed E-state index contributed by atoms with van der Waals surface area (Å²) in [6.07, 6.45) is 3.56. The fraction of sp³-hybridized carbons (Fsp3) is 0.429. The van der Waals surface area contributed by atoms with Crippen LogP contribution in [0.5, 0.6) is 0 Å². The number of amides is 2. The minimum atomic E-state index is -0.503. The molecule has 2 aromatic rings. The Morgan fingerprint density at radius 2 is 1.93 bits per heavy atom. The number of carbonyl (C=O) groups excluding carboxylic acids is 2. The summed E-state index contributed by atoms with van der Waals surface area (Å²) in [6.45, 7) is 3.95. The number of benzene rings is 1. The van der Waals surface area contributed by atoms with Gasteiger partial charge in [0.15, 0.2) is 0 Å². The van der Waals surface area contributed by atoms with Crippen LogP contribution in [0.15, 0.2) is 41.3 Å². The first kappa shape index (κ1) is 18.4. The second kappa shape index (κ2) is 7.22. The molecule has 2 aliphatic rings. The second-order valence-electron chi connectivity index (χ2n) is 7.75. The van der Waals surface area contributed by atoms with Crippen molar-refractivity contribution in [1.82, 2.24) is 19.8 Å². The van der Waals surface area contributed by atoms with E-state index in [0.29, 0.717) is 31.9 Å². The summed E-state index contributed by atoms with van der Waals surface area (Å²) in [5.74, 6) is 0.260. The van der Waals surface area contributed by atoms with E-state index in [4.69, 9.17) is 0 Å². The maximum absolute atomic E-state index is 13.1. The van der Waals surface area contributed by atoms with E-state index < -0.39 is 11.0 Å². The summed E-state index contributed by atoms with van der Waals surface area (Å²) < 4.78 is 0. The van der Waals surface area contributed by atoms with Crippen molar-refractivity contribution in [2.45, 2.75) is 26.2 Å². The Balaban J connectivity index is 1.42. The van der Waals surface area contributed by atoms with Gasteiger partial charge in [0.2, 0.25) is 5.91 Å². The summed E-state index contributed by atoms with van der Waals surface area (Å²) in [6, 6.07) is 10.1. The largest absolute Gasteiger partial charge is 0.342 e. The quantitative estimate of drug-likeness (QED) is 0.868. The predicted octanol–water partition coefficient (Wildman–Crippen LogP) is 1.39. The summed E-state index contributed by atoms with van der Waals surface area (Å²) in [7, 11) is 0. The average Bonchev–Trinajstić information content (AvgIpc) is 3.26. The minimum Gasteiger partial charge on any atom is -0.342 e. The van der Waals surface area contributed by atoms with Crippen LogP contribution in [0.25, 0.3) is 0 Å². The number of aromatic amines is 1. The van der Waals surface area contributed by atoms with Gasteiger partial charge in [0, 0.05) is 32.4 Å². The minimum absolute atomic E-state index is 0.0361. The molecule has 2 aliphatic heterocycles. The molecule has 1 atom stereocenters. The Kier molecular flexibility index (Phi) is 4.75. The van der Waals surface area contributed by atoms with Crippen LogP contribution in [0, 0.1) is 12.3 Å². The fourth-order valence-electron chi connectivity index (χ4n) is 4.25. The van der Waals surface area contributed by atoms with Crippen LogP contribution < -0.4 is 5.56 Å². The van der Waals surface area contributed by atoms with Gasteiger partial charge in [-0.15, -0.1) is 0 Å². The molecule has 2 amide bonds. The molecule has 0 bridgehead atoms. The van der Waals surface area contributed by atoms with Gasteiger partial charge >= 0.3 is 0 Å².